The molecular formula is C16H35NO. The second-order valence-electron chi connectivity index (χ2n) is 5.83. The lowest BCUT2D eigenvalue weighted by atomic mass is 9.88. The fraction of sp³-hybridized carbons (Fsp3) is 1.00. The van der Waals surface area contributed by atoms with Crippen molar-refractivity contribution in [2.75, 3.05) is 13.2 Å². The maximum absolute atomic E-state index is 8.87. The largest absolute Gasteiger partial charge is 0.396 e. The molecule has 0 aliphatic heterocycles. The van der Waals surface area contributed by atoms with Gasteiger partial charge in [-0.05, 0) is 32.7 Å². The van der Waals surface area contributed by atoms with E-state index in [1.807, 2.05) is 0 Å². The number of hydrogen-bond donors (Lipinski definition) is 2. The van der Waals surface area contributed by atoms with Crippen molar-refractivity contribution in [1.29, 1.82) is 0 Å². The molecular weight excluding hydrogens is 222 g/mol. The Morgan fingerprint density at radius 1 is 0.833 bits per heavy atom. The minimum absolute atomic E-state index is 0.289. The van der Waals surface area contributed by atoms with Gasteiger partial charge >= 0.3 is 0 Å². The van der Waals surface area contributed by atoms with Crippen molar-refractivity contribution in [3.8, 4) is 0 Å². The number of nitrogens with one attached hydrogen (secondary N) is 1. The molecule has 0 aromatic rings. The van der Waals surface area contributed by atoms with E-state index < -0.39 is 0 Å². The van der Waals surface area contributed by atoms with Crippen molar-refractivity contribution in [2.24, 2.45) is 0 Å². The number of rotatable bonds is 13. The summed E-state index contributed by atoms with van der Waals surface area (Å²) in [5.41, 5.74) is 0.289. The van der Waals surface area contributed by atoms with Gasteiger partial charge in [0.05, 0.1) is 0 Å². The number of aliphatic hydroxyl groups is 1. The average Bonchev–Trinajstić information content (AvgIpc) is 2.37. The molecule has 0 saturated carbocycles. The Morgan fingerprint density at radius 3 is 2.06 bits per heavy atom. The maximum atomic E-state index is 8.87. The normalized spacial score (nSPS) is 14.7. The van der Waals surface area contributed by atoms with E-state index in [-0.39, 0.29) is 5.54 Å². The fourth-order valence-corrected chi connectivity index (χ4v) is 2.46. The van der Waals surface area contributed by atoms with Crippen LogP contribution in [0.15, 0.2) is 0 Å². The molecule has 2 heteroatoms. The molecule has 2 N–H and O–H groups in total. The first kappa shape index (κ1) is 17.9. The molecule has 0 aliphatic rings. The molecule has 0 amide bonds. The number of unbranched alkanes of at least 4 members (excludes halogenated alkanes) is 5. The van der Waals surface area contributed by atoms with E-state index >= 15 is 0 Å². The lowest BCUT2D eigenvalue weighted by molar-refractivity contribution is 0.253. The van der Waals surface area contributed by atoms with Gasteiger partial charge in [-0.15, -0.1) is 0 Å². The molecule has 0 radical (unpaired) electrons. The predicted molar refractivity (Wildman–Crippen MR) is 81.0 cm³/mol. The SMILES string of the molecule is CCCCCCCC(C)(CCCC)NCCCO. The summed E-state index contributed by atoms with van der Waals surface area (Å²) in [4.78, 5) is 0. The van der Waals surface area contributed by atoms with Gasteiger partial charge in [-0.25, -0.2) is 0 Å². The third kappa shape index (κ3) is 9.90. The Bertz CT molecular complexity index is 172. The van der Waals surface area contributed by atoms with Crippen LogP contribution in [0, 0.1) is 0 Å². The minimum atomic E-state index is 0.289. The van der Waals surface area contributed by atoms with Crippen LogP contribution in [0.4, 0.5) is 0 Å². The van der Waals surface area contributed by atoms with Crippen LogP contribution in [-0.2, 0) is 0 Å². The van der Waals surface area contributed by atoms with Crippen molar-refractivity contribution in [1.82, 2.24) is 5.32 Å². The first-order chi connectivity index (χ1) is 8.68. The second kappa shape index (κ2) is 12.0. The molecule has 110 valence electrons. The van der Waals surface area contributed by atoms with Crippen molar-refractivity contribution < 1.29 is 5.11 Å². The topological polar surface area (TPSA) is 32.3 Å². The summed E-state index contributed by atoms with van der Waals surface area (Å²) >= 11 is 0. The van der Waals surface area contributed by atoms with Crippen LogP contribution in [0.5, 0.6) is 0 Å². The van der Waals surface area contributed by atoms with Crippen LogP contribution in [0.3, 0.4) is 0 Å². The van der Waals surface area contributed by atoms with Crippen molar-refractivity contribution in [3.63, 3.8) is 0 Å². The van der Waals surface area contributed by atoms with Crippen LogP contribution in [0.2, 0.25) is 0 Å². The summed E-state index contributed by atoms with van der Waals surface area (Å²) in [5.74, 6) is 0. The number of aliphatic hydroxyl groups excluding tert-OH is 1. The van der Waals surface area contributed by atoms with E-state index in [9.17, 15) is 0 Å². The number of hydrogen-bond acceptors (Lipinski definition) is 2. The molecule has 0 rings (SSSR count). The Kier molecular flexibility index (Phi) is 11.9. The summed E-state index contributed by atoms with van der Waals surface area (Å²) in [6.45, 7) is 8.14. The first-order valence-electron chi connectivity index (χ1n) is 8.04. The van der Waals surface area contributed by atoms with Crippen molar-refractivity contribution >= 4 is 0 Å². The lowest BCUT2D eigenvalue weighted by Crippen LogP contribution is -2.43. The zero-order valence-electron chi connectivity index (χ0n) is 12.9. The molecule has 0 heterocycles. The lowest BCUT2D eigenvalue weighted by Gasteiger charge is -2.31. The Balaban J connectivity index is 3.87. The minimum Gasteiger partial charge on any atom is -0.396 e. The van der Waals surface area contributed by atoms with Gasteiger partial charge in [-0.3, -0.25) is 0 Å². The van der Waals surface area contributed by atoms with Gasteiger partial charge in [0.15, 0.2) is 0 Å². The van der Waals surface area contributed by atoms with Crippen LogP contribution >= 0.6 is 0 Å². The van der Waals surface area contributed by atoms with Gasteiger partial charge in [0.1, 0.15) is 0 Å². The van der Waals surface area contributed by atoms with Gasteiger partial charge in [-0.2, -0.15) is 0 Å². The highest BCUT2D eigenvalue weighted by atomic mass is 16.3. The second-order valence-corrected chi connectivity index (χ2v) is 5.83. The molecule has 2 nitrogen and oxygen atoms in total. The van der Waals surface area contributed by atoms with Crippen LogP contribution in [-0.4, -0.2) is 23.8 Å². The smallest absolute Gasteiger partial charge is 0.0443 e. The van der Waals surface area contributed by atoms with E-state index in [1.54, 1.807) is 0 Å². The van der Waals surface area contributed by atoms with Gasteiger partial charge in [0, 0.05) is 12.1 Å². The van der Waals surface area contributed by atoms with E-state index in [1.165, 1.54) is 57.8 Å². The van der Waals surface area contributed by atoms with E-state index in [0.29, 0.717) is 6.61 Å². The highest BCUT2D eigenvalue weighted by molar-refractivity contribution is 4.82. The molecule has 1 unspecified atom stereocenters. The van der Waals surface area contributed by atoms with Crippen molar-refractivity contribution in [3.05, 3.63) is 0 Å². The standard InChI is InChI=1S/C16H35NO/c1-4-6-8-9-10-13-16(3,12-7-5-2)17-14-11-15-18/h17-18H,4-15H2,1-3H3. The van der Waals surface area contributed by atoms with E-state index in [4.69, 9.17) is 5.11 Å². The summed E-state index contributed by atoms with van der Waals surface area (Å²) in [5, 5.41) is 12.5. The van der Waals surface area contributed by atoms with Crippen LogP contribution < -0.4 is 5.32 Å². The molecule has 0 bridgehead atoms. The molecule has 1 atom stereocenters. The molecule has 0 fully saturated rings. The molecule has 0 aromatic carbocycles. The zero-order valence-corrected chi connectivity index (χ0v) is 12.9. The first-order valence-corrected chi connectivity index (χ1v) is 8.04. The maximum Gasteiger partial charge on any atom is 0.0443 e. The summed E-state index contributed by atoms with van der Waals surface area (Å²) in [6, 6.07) is 0. The zero-order chi connectivity index (χ0) is 13.7. The highest BCUT2D eigenvalue weighted by Crippen LogP contribution is 2.22. The predicted octanol–water partition coefficient (Wildman–Crippen LogP) is 4.27. The van der Waals surface area contributed by atoms with Gasteiger partial charge in [0.2, 0.25) is 0 Å². The average molecular weight is 257 g/mol. The quantitative estimate of drug-likeness (QED) is 0.483. The third-order valence-corrected chi connectivity index (χ3v) is 3.80. The molecule has 0 aromatic heterocycles. The molecule has 18 heavy (non-hydrogen) atoms. The summed E-state index contributed by atoms with van der Waals surface area (Å²) in [7, 11) is 0. The van der Waals surface area contributed by atoms with Gasteiger partial charge < -0.3 is 10.4 Å². The van der Waals surface area contributed by atoms with Gasteiger partial charge in [-0.1, -0.05) is 58.8 Å². The Labute approximate surface area is 115 Å². The summed E-state index contributed by atoms with van der Waals surface area (Å²) < 4.78 is 0. The summed E-state index contributed by atoms with van der Waals surface area (Å²) in [6.07, 6.45) is 12.8. The van der Waals surface area contributed by atoms with Crippen LogP contribution in [0.25, 0.3) is 0 Å². The van der Waals surface area contributed by atoms with Crippen LogP contribution in [0.1, 0.15) is 85.0 Å². The van der Waals surface area contributed by atoms with Gasteiger partial charge in [0.25, 0.3) is 0 Å². The van der Waals surface area contributed by atoms with Crippen molar-refractivity contribution in [2.45, 2.75) is 90.5 Å². The highest BCUT2D eigenvalue weighted by Gasteiger charge is 2.21. The molecule has 0 saturated heterocycles. The Morgan fingerprint density at radius 2 is 1.44 bits per heavy atom. The van der Waals surface area contributed by atoms with E-state index in [2.05, 4.69) is 26.1 Å². The molecule has 0 spiro atoms. The van der Waals surface area contributed by atoms with E-state index in [0.717, 1.165) is 13.0 Å². The fourth-order valence-electron chi connectivity index (χ4n) is 2.46. The molecule has 0 aliphatic carbocycles. The monoisotopic (exact) mass is 257 g/mol. The third-order valence-electron chi connectivity index (χ3n) is 3.80. The Hall–Kier alpha value is -0.0800.